The first-order valence-electron chi connectivity index (χ1n) is 7.37. The third-order valence-electron chi connectivity index (χ3n) is 3.82. The maximum absolute atomic E-state index is 12.2. The molecule has 0 aliphatic carbocycles. The highest BCUT2D eigenvalue weighted by Crippen LogP contribution is 2.24. The summed E-state index contributed by atoms with van der Waals surface area (Å²) in [6.45, 7) is 2.38. The molecule has 1 atom stereocenters. The van der Waals surface area contributed by atoms with Crippen LogP contribution in [0.15, 0.2) is 46.9 Å². The Hall–Kier alpha value is -2.47. The molecule has 0 spiro atoms. The van der Waals surface area contributed by atoms with Crippen LogP contribution in [0.25, 0.3) is 0 Å². The average Bonchev–Trinajstić information content (AvgIpc) is 3.14. The van der Waals surface area contributed by atoms with Crippen molar-refractivity contribution in [1.29, 1.82) is 0 Å². The number of benzene rings is 1. The number of amides is 2. The lowest BCUT2D eigenvalue weighted by atomic mass is 10.1. The number of hydrogen-bond acceptors (Lipinski definition) is 4. The van der Waals surface area contributed by atoms with E-state index in [2.05, 4.69) is 10.5 Å². The van der Waals surface area contributed by atoms with Gasteiger partial charge in [0, 0.05) is 23.5 Å². The second-order valence-corrected chi connectivity index (χ2v) is 6.39. The van der Waals surface area contributed by atoms with Crippen molar-refractivity contribution in [2.75, 3.05) is 11.4 Å². The molecule has 0 radical (unpaired) electrons. The van der Waals surface area contributed by atoms with Crippen LogP contribution < -0.4 is 10.3 Å². The molecule has 1 aliphatic rings. The van der Waals surface area contributed by atoms with Gasteiger partial charge in [0.05, 0.1) is 12.1 Å². The number of hydrogen-bond donors (Lipinski definition) is 1. The van der Waals surface area contributed by atoms with Gasteiger partial charge in [-0.1, -0.05) is 18.2 Å². The van der Waals surface area contributed by atoms with Gasteiger partial charge in [-0.2, -0.15) is 5.10 Å². The maximum Gasteiger partial charge on any atom is 0.245 e. The molecule has 1 aromatic heterocycles. The normalized spacial score (nSPS) is 17.9. The fourth-order valence-electron chi connectivity index (χ4n) is 2.50. The zero-order chi connectivity index (χ0) is 16.2. The summed E-state index contributed by atoms with van der Waals surface area (Å²) < 4.78 is 0. The summed E-state index contributed by atoms with van der Waals surface area (Å²) in [6.07, 6.45) is 1.86. The monoisotopic (exact) mass is 327 g/mol. The number of aryl methyl sites for hydroxylation is 1. The second-order valence-electron chi connectivity index (χ2n) is 5.44. The molecule has 5 nitrogen and oxygen atoms in total. The van der Waals surface area contributed by atoms with Gasteiger partial charge in [-0.05, 0) is 36.1 Å². The molecule has 1 unspecified atom stereocenters. The maximum atomic E-state index is 12.2. The fourth-order valence-corrected chi connectivity index (χ4v) is 3.29. The van der Waals surface area contributed by atoms with Crippen LogP contribution >= 0.6 is 11.3 Å². The van der Waals surface area contributed by atoms with E-state index in [4.69, 9.17) is 0 Å². The molecule has 1 saturated heterocycles. The van der Waals surface area contributed by atoms with Crippen LogP contribution in [0.3, 0.4) is 0 Å². The second kappa shape index (κ2) is 6.75. The van der Waals surface area contributed by atoms with E-state index in [-0.39, 0.29) is 24.2 Å². The number of thiophene rings is 1. The third kappa shape index (κ3) is 3.48. The number of para-hydroxylation sites is 1. The Morgan fingerprint density at radius 2 is 2.13 bits per heavy atom. The van der Waals surface area contributed by atoms with Crippen molar-refractivity contribution in [3.8, 4) is 0 Å². The summed E-state index contributed by atoms with van der Waals surface area (Å²) in [5, 5.41) is 5.98. The molecule has 0 saturated carbocycles. The Kier molecular flexibility index (Phi) is 4.52. The highest BCUT2D eigenvalue weighted by molar-refractivity contribution is 7.11. The van der Waals surface area contributed by atoms with Gasteiger partial charge in [0.2, 0.25) is 11.8 Å². The van der Waals surface area contributed by atoms with Gasteiger partial charge in [-0.25, -0.2) is 5.43 Å². The van der Waals surface area contributed by atoms with Gasteiger partial charge in [-0.15, -0.1) is 11.3 Å². The Labute approximate surface area is 138 Å². The van der Waals surface area contributed by atoms with Gasteiger partial charge in [-0.3, -0.25) is 9.59 Å². The summed E-state index contributed by atoms with van der Waals surface area (Å²) in [6, 6.07) is 11.4. The third-order valence-corrected chi connectivity index (χ3v) is 4.78. The van der Waals surface area contributed by atoms with E-state index in [0.717, 1.165) is 16.1 Å². The molecule has 0 bridgehead atoms. The van der Waals surface area contributed by atoms with Crippen molar-refractivity contribution in [2.45, 2.75) is 13.3 Å². The number of rotatable bonds is 4. The highest BCUT2D eigenvalue weighted by Gasteiger charge is 2.34. The largest absolute Gasteiger partial charge is 0.312 e. The van der Waals surface area contributed by atoms with Gasteiger partial charge < -0.3 is 4.90 Å². The number of anilines is 1. The number of nitrogens with one attached hydrogen (secondary N) is 1. The summed E-state index contributed by atoms with van der Waals surface area (Å²) in [5.74, 6) is -0.624. The van der Waals surface area contributed by atoms with E-state index in [1.165, 1.54) is 0 Å². The van der Waals surface area contributed by atoms with Crippen LogP contribution in [0.4, 0.5) is 5.69 Å². The van der Waals surface area contributed by atoms with Crippen LogP contribution in [0.5, 0.6) is 0 Å². The molecule has 6 heteroatoms. The molecule has 2 amide bonds. The zero-order valence-electron chi connectivity index (χ0n) is 12.7. The van der Waals surface area contributed by atoms with E-state index < -0.39 is 0 Å². The first kappa shape index (κ1) is 15.4. The number of hydrazone groups is 1. The first-order chi connectivity index (χ1) is 11.1. The minimum absolute atomic E-state index is 0.0329. The Bertz CT molecular complexity index is 739. The van der Waals surface area contributed by atoms with Crippen molar-refractivity contribution in [2.24, 2.45) is 11.0 Å². The lowest BCUT2D eigenvalue weighted by Crippen LogP contribution is -2.30. The van der Waals surface area contributed by atoms with Crippen molar-refractivity contribution in [3.63, 3.8) is 0 Å². The quantitative estimate of drug-likeness (QED) is 0.693. The molecule has 1 fully saturated rings. The van der Waals surface area contributed by atoms with E-state index >= 15 is 0 Å². The molecule has 3 rings (SSSR count). The van der Waals surface area contributed by atoms with Crippen LogP contribution in [0.2, 0.25) is 0 Å². The Balaban J connectivity index is 1.60. The molecular formula is C17H17N3O2S. The zero-order valence-corrected chi connectivity index (χ0v) is 13.5. The fraction of sp³-hybridized carbons (Fsp3) is 0.235. The van der Waals surface area contributed by atoms with Gasteiger partial charge in [0.15, 0.2) is 0 Å². The van der Waals surface area contributed by atoms with Gasteiger partial charge in [0.1, 0.15) is 0 Å². The summed E-state index contributed by atoms with van der Waals surface area (Å²) >= 11 is 1.57. The minimum atomic E-state index is -0.371. The highest BCUT2D eigenvalue weighted by atomic mass is 32.1. The number of carbonyl (C=O) groups is 2. The molecule has 2 aromatic rings. The topological polar surface area (TPSA) is 61.8 Å². The Morgan fingerprint density at radius 1 is 1.35 bits per heavy atom. The van der Waals surface area contributed by atoms with Crippen LogP contribution in [-0.2, 0) is 9.59 Å². The number of carbonyl (C=O) groups excluding carboxylic acids is 2. The summed E-state index contributed by atoms with van der Waals surface area (Å²) in [5.41, 5.74) is 4.49. The lowest BCUT2D eigenvalue weighted by molar-refractivity contribution is -0.126. The Morgan fingerprint density at radius 3 is 2.83 bits per heavy atom. The SMILES string of the molecule is Cc1ccsc1/C=N/NC(=O)C1CC(=O)N(c2ccccc2)C1. The smallest absolute Gasteiger partial charge is 0.245 e. The van der Waals surface area contributed by atoms with Crippen molar-refractivity contribution in [3.05, 3.63) is 52.2 Å². The predicted molar refractivity (Wildman–Crippen MR) is 91.7 cm³/mol. The van der Waals surface area contributed by atoms with Gasteiger partial charge >= 0.3 is 0 Å². The van der Waals surface area contributed by atoms with Crippen molar-refractivity contribution < 1.29 is 9.59 Å². The standard InChI is InChI=1S/C17H17N3O2S/c1-12-7-8-23-15(12)10-18-19-17(22)13-9-16(21)20(11-13)14-5-3-2-4-6-14/h2-8,10,13H,9,11H2,1H3,(H,19,22)/b18-10+. The molecule has 118 valence electrons. The molecule has 1 aromatic carbocycles. The first-order valence-corrected chi connectivity index (χ1v) is 8.25. The minimum Gasteiger partial charge on any atom is -0.312 e. The molecule has 1 aliphatic heterocycles. The van der Waals surface area contributed by atoms with E-state index in [1.807, 2.05) is 48.7 Å². The summed E-state index contributed by atoms with van der Waals surface area (Å²) in [7, 11) is 0. The van der Waals surface area contributed by atoms with Gasteiger partial charge in [0.25, 0.3) is 0 Å². The summed E-state index contributed by atoms with van der Waals surface area (Å²) in [4.78, 5) is 26.9. The molecule has 23 heavy (non-hydrogen) atoms. The van der Waals surface area contributed by atoms with Crippen molar-refractivity contribution >= 4 is 35.1 Å². The average molecular weight is 327 g/mol. The number of nitrogens with zero attached hydrogens (tertiary/aromatic N) is 2. The molecular weight excluding hydrogens is 310 g/mol. The molecule has 2 heterocycles. The predicted octanol–water partition coefficient (Wildman–Crippen LogP) is 2.56. The van der Waals surface area contributed by atoms with E-state index in [0.29, 0.717) is 6.54 Å². The van der Waals surface area contributed by atoms with Crippen molar-refractivity contribution in [1.82, 2.24) is 5.43 Å². The van der Waals surface area contributed by atoms with E-state index in [9.17, 15) is 9.59 Å². The van der Waals surface area contributed by atoms with Crippen LogP contribution in [-0.4, -0.2) is 24.6 Å². The van der Waals surface area contributed by atoms with Crippen LogP contribution in [0.1, 0.15) is 16.9 Å². The van der Waals surface area contributed by atoms with E-state index in [1.54, 1.807) is 22.5 Å². The lowest BCUT2D eigenvalue weighted by Gasteiger charge is -2.16. The molecule has 1 N–H and O–H groups in total. The van der Waals surface area contributed by atoms with Crippen LogP contribution in [0, 0.1) is 12.8 Å².